The van der Waals surface area contributed by atoms with E-state index in [9.17, 15) is 35.1 Å². The van der Waals surface area contributed by atoms with Crippen LogP contribution in [0.4, 0.5) is 35.1 Å². The molecule has 0 saturated carbocycles. The van der Waals surface area contributed by atoms with Crippen molar-refractivity contribution in [1.82, 2.24) is 0 Å². The van der Waals surface area contributed by atoms with Crippen LogP contribution in [0.2, 0.25) is 10.0 Å². The summed E-state index contributed by atoms with van der Waals surface area (Å²) in [6.45, 7) is 24.6. The molecule has 0 N–H and O–H groups in total. The molecule has 0 fully saturated rings. The Morgan fingerprint density at radius 3 is 0.636 bits per heavy atom. The zero-order chi connectivity index (χ0) is 50.6. The lowest BCUT2D eigenvalue weighted by atomic mass is 10.1. The molecule has 0 amide bonds. The lowest BCUT2D eigenvalue weighted by molar-refractivity contribution is 0.565. The van der Waals surface area contributed by atoms with Crippen molar-refractivity contribution in [1.29, 1.82) is 0 Å². The molecule has 7 aromatic rings. The van der Waals surface area contributed by atoms with Gasteiger partial charge in [-0.3, -0.25) is 0 Å². The highest BCUT2D eigenvalue weighted by Crippen LogP contribution is 2.21. The minimum atomic E-state index is -0.475. The molecule has 0 heterocycles. The molecule has 0 unspecified atom stereocenters. The van der Waals surface area contributed by atoms with E-state index in [4.69, 9.17) is 23.2 Å². The molecule has 0 aromatic heterocycles. The van der Waals surface area contributed by atoms with Crippen molar-refractivity contribution < 1.29 is 35.1 Å². The molecule has 354 valence electrons. The Bertz CT molecular complexity index is 2250. The van der Waals surface area contributed by atoms with Gasteiger partial charge in [-0.25, -0.2) is 35.1 Å². The molecular formula is C56H60Cl2F8. The Balaban J connectivity index is 0.000000385. The summed E-state index contributed by atoms with van der Waals surface area (Å²) < 4.78 is 101. The first kappa shape index (κ1) is 58.6. The first-order chi connectivity index (χ1) is 30.6. The summed E-state index contributed by atoms with van der Waals surface area (Å²) in [4.78, 5) is 0. The molecule has 0 saturated heterocycles. The number of halogens is 10. The third-order valence-corrected chi connectivity index (χ3v) is 10.4. The first-order valence-electron chi connectivity index (χ1n) is 20.8. The summed E-state index contributed by atoms with van der Waals surface area (Å²) in [5, 5.41) is 0.995. The molecule has 10 heteroatoms. The van der Waals surface area contributed by atoms with Crippen LogP contribution < -0.4 is 0 Å². The van der Waals surface area contributed by atoms with Crippen LogP contribution in [0.25, 0.3) is 0 Å². The molecule has 0 nitrogen and oxygen atoms in total. The lowest BCUT2D eigenvalue weighted by Gasteiger charge is -1.99. The average Bonchev–Trinajstić information content (AvgIpc) is 3.22. The quantitative estimate of drug-likeness (QED) is 0.133. The van der Waals surface area contributed by atoms with Gasteiger partial charge in [-0.1, -0.05) is 82.9 Å². The van der Waals surface area contributed by atoms with E-state index in [2.05, 4.69) is 38.1 Å². The maximum absolute atomic E-state index is 12.8. The summed E-state index contributed by atoms with van der Waals surface area (Å²) in [7, 11) is 0. The Labute approximate surface area is 397 Å². The van der Waals surface area contributed by atoms with Gasteiger partial charge in [-0.2, -0.15) is 0 Å². The van der Waals surface area contributed by atoms with Crippen LogP contribution in [0.3, 0.4) is 0 Å². The molecule has 7 aromatic carbocycles. The van der Waals surface area contributed by atoms with Gasteiger partial charge < -0.3 is 0 Å². The van der Waals surface area contributed by atoms with E-state index in [1.807, 2.05) is 39.8 Å². The Kier molecular flexibility index (Phi) is 25.4. The minimum Gasteiger partial charge on any atom is -0.207 e. The Hall–Kier alpha value is -5.44. The summed E-state index contributed by atoms with van der Waals surface area (Å²) >= 11 is 11.4. The fourth-order valence-corrected chi connectivity index (χ4v) is 5.65. The van der Waals surface area contributed by atoms with Gasteiger partial charge in [0.1, 0.15) is 46.5 Å². The average molecular weight is 956 g/mol. The molecule has 0 aliphatic rings. The van der Waals surface area contributed by atoms with E-state index in [0.29, 0.717) is 43.4 Å². The Morgan fingerprint density at radius 1 is 0.227 bits per heavy atom. The van der Waals surface area contributed by atoms with E-state index in [0.717, 1.165) is 22.3 Å². The highest BCUT2D eigenvalue weighted by Gasteiger charge is 2.05. The highest BCUT2D eigenvalue weighted by molar-refractivity contribution is 6.31. The molecule has 7 rings (SSSR count). The second-order valence-electron chi connectivity index (χ2n) is 16.1. The van der Waals surface area contributed by atoms with Crippen LogP contribution in [0, 0.1) is 143 Å². The van der Waals surface area contributed by atoms with Crippen LogP contribution in [-0.2, 0) is 0 Å². The predicted molar refractivity (Wildman–Crippen MR) is 261 cm³/mol. The molecule has 0 radical (unpaired) electrons. The summed E-state index contributed by atoms with van der Waals surface area (Å²) in [5.41, 5.74) is 10.2. The van der Waals surface area contributed by atoms with Crippen LogP contribution in [0.15, 0.2) is 109 Å². The van der Waals surface area contributed by atoms with Gasteiger partial charge >= 0.3 is 0 Å². The molecular weight excluding hydrogens is 896 g/mol. The zero-order valence-electron chi connectivity index (χ0n) is 40.2. The molecule has 0 aliphatic heterocycles. The van der Waals surface area contributed by atoms with E-state index in [1.54, 1.807) is 65.8 Å². The minimum absolute atomic E-state index is 0.0885. The smallest absolute Gasteiger partial charge is 0.129 e. The van der Waals surface area contributed by atoms with Crippen molar-refractivity contribution in [3.63, 3.8) is 0 Å². The van der Waals surface area contributed by atoms with Gasteiger partial charge in [0.25, 0.3) is 0 Å². The number of benzene rings is 7. The van der Waals surface area contributed by atoms with Crippen molar-refractivity contribution in [2.24, 2.45) is 0 Å². The van der Waals surface area contributed by atoms with Crippen LogP contribution in [0.1, 0.15) is 77.9 Å². The fourth-order valence-electron chi connectivity index (χ4n) is 5.12. The van der Waals surface area contributed by atoms with Crippen molar-refractivity contribution >= 4 is 23.2 Å². The monoisotopic (exact) mass is 954 g/mol. The lowest BCUT2D eigenvalue weighted by Crippen LogP contribution is -1.89. The fraction of sp³-hybridized carbons (Fsp3) is 0.250. The van der Waals surface area contributed by atoms with Crippen molar-refractivity contribution in [2.45, 2.75) is 96.9 Å². The third-order valence-electron chi connectivity index (χ3n) is 9.57. The molecule has 0 atom stereocenters. The summed E-state index contributed by atoms with van der Waals surface area (Å²) in [6.07, 6.45) is 0. The van der Waals surface area contributed by atoms with Crippen LogP contribution >= 0.6 is 23.2 Å². The summed E-state index contributed by atoms with van der Waals surface area (Å²) in [5.74, 6) is -2.59. The topological polar surface area (TPSA) is 0 Å². The normalized spacial score (nSPS) is 9.82. The van der Waals surface area contributed by atoms with Crippen LogP contribution in [0.5, 0.6) is 0 Å². The first-order valence-corrected chi connectivity index (χ1v) is 21.6. The molecule has 66 heavy (non-hydrogen) atoms. The maximum Gasteiger partial charge on any atom is 0.129 e. The molecule has 0 aliphatic carbocycles. The second-order valence-corrected chi connectivity index (χ2v) is 16.9. The van der Waals surface area contributed by atoms with Gasteiger partial charge in [-0.15, -0.1) is 0 Å². The van der Waals surface area contributed by atoms with Crippen LogP contribution in [-0.4, -0.2) is 0 Å². The van der Waals surface area contributed by atoms with Crippen molar-refractivity contribution in [2.75, 3.05) is 0 Å². The number of rotatable bonds is 0. The van der Waals surface area contributed by atoms with Gasteiger partial charge in [-0.05, 0) is 202 Å². The largest absolute Gasteiger partial charge is 0.207 e. The second kappa shape index (κ2) is 28.6. The van der Waals surface area contributed by atoms with Gasteiger partial charge in [0, 0.05) is 32.3 Å². The maximum atomic E-state index is 12.8. The Morgan fingerprint density at radius 2 is 0.424 bits per heavy atom. The molecule has 0 spiro atoms. The zero-order valence-corrected chi connectivity index (χ0v) is 41.7. The van der Waals surface area contributed by atoms with Gasteiger partial charge in [0.2, 0.25) is 0 Å². The van der Waals surface area contributed by atoms with E-state index < -0.39 is 23.3 Å². The van der Waals surface area contributed by atoms with Gasteiger partial charge in [0.05, 0.1) is 0 Å². The molecule has 0 bridgehead atoms. The number of aryl methyl sites for hydroxylation is 10. The summed E-state index contributed by atoms with van der Waals surface area (Å²) in [6, 6.07) is 30.6. The SMILES string of the molecule is Cc1cc(F)c(C)c(Cl)c1.Cc1cc(F)c(C)c(Cl)c1.Cc1cc(F)c(C)c(F)c1.Cc1cc(F)c(C)c(F)c1.Cc1ccc(C)c(F)c1.Cc1ccc(C)c(F)c1.Cc1ccc(C)cc1. The predicted octanol–water partition coefficient (Wildman–Crippen LogP) is 18.5. The highest BCUT2D eigenvalue weighted by atomic mass is 35.5. The number of hydrogen-bond acceptors (Lipinski definition) is 0. The third kappa shape index (κ3) is 21.7. The van der Waals surface area contributed by atoms with E-state index in [-0.39, 0.29) is 34.4 Å². The van der Waals surface area contributed by atoms with Gasteiger partial charge in [0.15, 0.2) is 0 Å². The van der Waals surface area contributed by atoms with Crippen molar-refractivity contribution in [3.8, 4) is 0 Å². The number of hydrogen-bond donors (Lipinski definition) is 0. The van der Waals surface area contributed by atoms with Crippen molar-refractivity contribution in [3.05, 3.63) is 244 Å². The van der Waals surface area contributed by atoms with E-state index in [1.165, 1.54) is 73.5 Å². The standard InChI is InChI=1S/2C8H8ClF.2C8H8F2.2C8H9F.C8H10/c4*1-5-3-7(9)6(2)8(10)4-5;2*1-6-3-4-7(2)8(9)5-6;1-7-3-5-8(2)6-4-7/h4*3-4H,1-2H3;2*3-5H,1-2H3;3-6H,1-2H3. The van der Waals surface area contributed by atoms with E-state index >= 15 is 0 Å².